The smallest absolute Gasteiger partial charge is 0.295 e. The van der Waals surface area contributed by atoms with E-state index in [0.717, 1.165) is 61.5 Å². The third kappa shape index (κ3) is 7.92. The van der Waals surface area contributed by atoms with Crippen molar-refractivity contribution in [1.29, 1.82) is 0 Å². The van der Waals surface area contributed by atoms with E-state index in [4.69, 9.17) is 14.2 Å². The number of ether oxygens (including phenoxy) is 3. The zero-order valence-electron chi connectivity index (χ0n) is 25.6. The van der Waals surface area contributed by atoms with Crippen molar-refractivity contribution >= 4 is 17.4 Å². The fraction of sp³-hybridized carbons (Fsp3) is 0.529. The number of ketones is 1. The molecule has 2 saturated heterocycles. The van der Waals surface area contributed by atoms with Crippen LogP contribution in [0.3, 0.4) is 0 Å². The minimum Gasteiger partial charge on any atom is -0.507 e. The first-order chi connectivity index (χ1) is 20.3. The lowest BCUT2D eigenvalue weighted by molar-refractivity contribution is -0.140. The van der Waals surface area contributed by atoms with Gasteiger partial charge in [-0.1, -0.05) is 45.7 Å². The van der Waals surface area contributed by atoms with Crippen molar-refractivity contribution in [2.24, 2.45) is 5.92 Å². The first-order valence-corrected chi connectivity index (χ1v) is 15.3. The summed E-state index contributed by atoms with van der Waals surface area (Å²) in [5, 5.41) is 11.5. The number of rotatable bonds is 14. The predicted octanol–water partition coefficient (Wildman–Crippen LogP) is 5.74. The van der Waals surface area contributed by atoms with E-state index in [1.54, 1.807) is 17.0 Å². The normalized spacial score (nSPS) is 19.1. The summed E-state index contributed by atoms with van der Waals surface area (Å²) >= 11 is 0. The van der Waals surface area contributed by atoms with Crippen LogP contribution < -0.4 is 9.47 Å². The second-order valence-electron chi connectivity index (χ2n) is 11.6. The summed E-state index contributed by atoms with van der Waals surface area (Å²) < 4.78 is 17.2. The van der Waals surface area contributed by atoms with Crippen LogP contribution >= 0.6 is 0 Å². The van der Waals surface area contributed by atoms with E-state index >= 15 is 0 Å². The third-order valence-electron chi connectivity index (χ3n) is 7.75. The number of nitrogens with zero attached hydrogens (tertiary/aromatic N) is 2. The number of morpholine rings is 1. The van der Waals surface area contributed by atoms with Gasteiger partial charge in [-0.25, -0.2) is 0 Å². The van der Waals surface area contributed by atoms with Gasteiger partial charge in [-0.05, 0) is 67.1 Å². The van der Waals surface area contributed by atoms with Crippen LogP contribution in [-0.4, -0.2) is 79.2 Å². The number of carbonyl (C=O) groups excluding carboxylic acids is 2. The molecule has 0 bridgehead atoms. The third-order valence-corrected chi connectivity index (χ3v) is 7.75. The van der Waals surface area contributed by atoms with E-state index in [-0.39, 0.29) is 11.3 Å². The molecule has 0 aromatic heterocycles. The van der Waals surface area contributed by atoms with Crippen LogP contribution in [0.1, 0.15) is 69.2 Å². The van der Waals surface area contributed by atoms with E-state index in [2.05, 4.69) is 25.7 Å². The standard InChI is InChI=1S/C34H46N2O6/c1-5-6-7-19-41-28-12-9-26(10-13-28)31-30(32(37)27-11-14-29(25(4)22-27)42-23-24(2)3)33(38)34(39)36(31)16-8-15-35-17-20-40-21-18-35/h9-14,22,24,31,37H,5-8,15-21,23H2,1-4H3. The van der Waals surface area contributed by atoms with Crippen molar-refractivity contribution in [2.45, 2.75) is 59.4 Å². The van der Waals surface area contributed by atoms with Gasteiger partial charge in [0.2, 0.25) is 0 Å². The monoisotopic (exact) mass is 578 g/mol. The summed E-state index contributed by atoms with van der Waals surface area (Å²) in [6.45, 7) is 13.8. The fourth-order valence-corrected chi connectivity index (χ4v) is 5.41. The van der Waals surface area contributed by atoms with Gasteiger partial charge in [-0.3, -0.25) is 14.5 Å². The summed E-state index contributed by atoms with van der Waals surface area (Å²) in [5.41, 5.74) is 2.20. The maximum atomic E-state index is 13.5. The molecule has 0 spiro atoms. The van der Waals surface area contributed by atoms with Crippen molar-refractivity contribution in [3.63, 3.8) is 0 Å². The first kappa shape index (κ1) is 31.6. The highest BCUT2D eigenvalue weighted by Crippen LogP contribution is 2.40. The molecule has 0 saturated carbocycles. The van der Waals surface area contributed by atoms with Crippen molar-refractivity contribution in [3.8, 4) is 11.5 Å². The van der Waals surface area contributed by atoms with Crippen LogP contribution in [0.25, 0.3) is 5.76 Å². The van der Waals surface area contributed by atoms with Gasteiger partial charge in [-0.15, -0.1) is 0 Å². The molecule has 8 heteroatoms. The molecule has 2 aliphatic heterocycles. The Labute approximate surface area is 250 Å². The quantitative estimate of drug-likeness (QED) is 0.132. The zero-order chi connectivity index (χ0) is 30.1. The van der Waals surface area contributed by atoms with Crippen molar-refractivity contribution in [1.82, 2.24) is 9.80 Å². The number of likely N-dealkylation sites (tertiary alicyclic amines) is 1. The van der Waals surface area contributed by atoms with Gasteiger partial charge < -0.3 is 24.2 Å². The van der Waals surface area contributed by atoms with Gasteiger partial charge in [0.25, 0.3) is 11.7 Å². The Morgan fingerprint density at radius 3 is 2.40 bits per heavy atom. The Bertz CT molecular complexity index is 1230. The number of unbranched alkanes of at least 4 members (excludes halogenated alkanes) is 2. The van der Waals surface area contributed by atoms with Gasteiger partial charge in [0.05, 0.1) is 38.0 Å². The molecule has 228 valence electrons. The molecular weight excluding hydrogens is 532 g/mol. The van der Waals surface area contributed by atoms with Crippen molar-refractivity contribution < 1.29 is 28.9 Å². The van der Waals surface area contributed by atoms with E-state index in [9.17, 15) is 14.7 Å². The van der Waals surface area contributed by atoms with Crippen LogP contribution in [0, 0.1) is 12.8 Å². The first-order valence-electron chi connectivity index (χ1n) is 15.3. The highest BCUT2D eigenvalue weighted by molar-refractivity contribution is 6.46. The lowest BCUT2D eigenvalue weighted by atomic mass is 9.94. The average Bonchev–Trinajstić information content (AvgIpc) is 3.24. The van der Waals surface area contributed by atoms with E-state index < -0.39 is 17.7 Å². The Morgan fingerprint density at radius 2 is 1.74 bits per heavy atom. The number of hydrogen-bond donors (Lipinski definition) is 1. The number of hydrogen-bond acceptors (Lipinski definition) is 7. The maximum Gasteiger partial charge on any atom is 0.295 e. The minimum absolute atomic E-state index is 0.109. The summed E-state index contributed by atoms with van der Waals surface area (Å²) in [4.78, 5) is 30.8. The summed E-state index contributed by atoms with van der Waals surface area (Å²) in [6, 6.07) is 12.2. The number of amides is 1. The molecule has 2 aromatic carbocycles. The number of aliphatic hydroxyl groups is 1. The predicted molar refractivity (Wildman–Crippen MR) is 164 cm³/mol. The van der Waals surface area contributed by atoms with Crippen molar-refractivity contribution in [2.75, 3.05) is 52.6 Å². The molecule has 1 unspecified atom stereocenters. The summed E-state index contributed by atoms with van der Waals surface area (Å²) in [6.07, 6.45) is 3.94. The molecule has 2 aromatic rings. The molecule has 1 atom stereocenters. The van der Waals surface area contributed by atoms with Gasteiger partial charge in [0, 0.05) is 31.7 Å². The van der Waals surface area contributed by atoms with Crippen LogP contribution in [0.5, 0.6) is 11.5 Å². The molecule has 2 fully saturated rings. The maximum absolute atomic E-state index is 13.5. The van der Waals surface area contributed by atoms with Crippen molar-refractivity contribution in [3.05, 3.63) is 64.7 Å². The molecule has 1 amide bonds. The van der Waals surface area contributed by atoms with Gasteiger partial charge in [0.15, 0.2) is 0 Å². The van der Waals surface area contributed by atoms with Crippen LogP contribution in [0.15, 0.2) is 48.0 Å². The molecule has 42 heavy (non-hydrogen) atoms. The van der Waals surface area contributed by atoms with Crippen LogP contribution in [0.2, 0.25) is 0 Å². The SMILES string of the molecule is CCCCCOc1ccc(C2C(=C(O)c3ccc(OCC(C)C)c(C)c3)C(=O)C(=O)N2CCCN2CCOCC2)cc1. The Morgan fingerprint density at radius 1 is 1.00 bits per heavy atom. The van der Waals surface area contributed by atoms with Gasteiger partial charge >= 0.3 is 0 Å². The highest BCUT2D eigenvalue weighted by Gasteiger charge is 2.45. The second-order valence-corrected chi connectivity index (χ2v) is 11.6. The molecule has 4 rings (SSSR count). The summed E-state index contributed by atoms with van der Waals surface area (Å²) in [5.74, 6) is 0.428. The van der Waals surface area contributed by atoms with E-state index in [1.165, 1.54) is 0 Å². The lowest BCUT2D eigenvalue weighted by Gasteiger charge is -2.29. The number of aliphatic hydroxyl groups excluding tert-OH is 1. The second kappa shape index (κ2) is 15.2. The molecule has 0 aliphatic carbocycles. The number of carbonyl (C=O) groups is 2. The van der Waals surface area contributed by atoms with E-state index in [0.29, 0.717) is 50.9 Å². The average molecular weight is 579 g/mol. The van der Waals surface area contributed by atoms with Gasteiger partial charge in [0.1, 0.15) is 17.3 Å². The highest BCUT2D eigenvalue weighted by atomic mass is 16.5. The fourth-order valence-electron chi connectivity index (χ4n) is 5.41. The number of Topliss-reactive ketones (excluding diaryl/α,β-unsaturated/α-hetero) is 1. The number of benzene rings is 2. The van der Waals surface area contributed by atoms with Crippen LogP contribution in [0.4, 0.5) is 0 Å². The molecule has 0 radical (unpaired) electrons. The minimum atomic E-state index is -0.694. The molecule has 2 heterocycles. The van der Waals surface area contributed by atoms with E-state index in [1.807, 2.05) is 37.3 Å². The summed E-state index contributed by atoms with van der Waals surface area (Å²) in [7, 11) is 0. The molecule has 2 aliphatic rings. The molecule has 1 N–H and O–H groups in total. The Kier molecular flexibility index (Phi) is 11.4. The topological polar surface area (TPSA) is 88.5 Å². The van der Waals surface area contributed by atoms with Crippen LogP contribution in [-0.2, 0) is 14.3 Å². The lowest BCUT2D eigenvalue weighted by Crippen LogP contribution is -2.38. The Hall–Kier alpha value is -3.36. The zero-order valence-corrected chi connectivity index (χ0v) is 25.6. The molecule has 8 nitrogen and oxygen atoms in total. The molecular formula is C34H46N2O6. The Balaban J connectivity index is 1.62. The largest absolute Gasteiger partial charge is 0.507 e. The van der Waals surface area contributed by atoms with Gasteiger partial charge in [-0.2, -0.15) is 0 Å². The number of aryl methyl sites for hydroxylation is 1.